The Kier molecular flexibility index (Phi) is 6.14. The molecule has 100 valence electrons. The molecule has 0 spiro atoms. The highest BCUT2D eigenvalue weighted by molar-refractivity contribution is 5.73. The zero-order valence-electron chi connectivity index (χ0n) is 10.4. The number of aliphatic hydroxyl groups is 1. The highest BCUT2D eigenvalue weighted by Crippen LogP contribution is 2.05. The van der Waals surface area contributed by atoms with E-state index in [9.17, 15) is 9.18 Å². The van der Waals surface area contributed by atoms with Gasteiger partial charge in [-0.1, -0.05) is 25.1 Å². The van der Waals surface area contributed by atoms with Crippen LogP contribution in [-0.2, 0) is 6.42 Å². The van der Waals surface area contributed by atoms with Crippen LogP contribution in [-0.4, -0.2) is 30.8 Å². The third-order valence-electron chi connectivity index (χ3n) is 2.56. The van der Waals surface area contributed by atoms with Crippen molar-refractivity contribution in [3.05, 3.63) is 35.6 Å². The zero-order valence-corrected chi connectivity index (χ0v) is 10.4. The van der Waals surface area contributed by atoms with E-state index in [1.807, 2.05) is 6.92 Å². The molecule has 0 aromatic heterocycles. The predicted molar refractivity (Wildman–Crippen MR) is 67.8 cm³/mol. The summed E-state index contributed by atoms with van der Waals surface area (Å²) >= 11 is 0. The smallest absolute Gasteiger partial charge is 0.314 e. The molecule has 4 nitrogen and oxygen atoms in total. The molecular formula is C13H19FN2O2. The lowest BCUT2D eigenvalue weighted by Gasteiger charge is -2.11. The Bertz CT molecular complexity index is 385. The molecule has 0 saturated heterocycles. The number of halogens is 1. The second-order valence-electron chi connectivity index (χ2n) is 4.27. The first kappa shape index (κ1) is 14.4. The summed E-state index contributed by atoms with van der Waals surface area (Å²) in [5, 5.41) is 14.1. The van der Waals surface area contributed by atoms with Crippen LogP contribution in [0, 0.1) is 11.7 Å². The van der Waals surface area contributed by atoms with Gasteiger partial charge in [-0.05, 0) is 24.0 Å². The summed E-state index contributed by atoms with van der Waals surface area (Å²) in [7, 11) is 0. The molecule has 0 aliphatic rings. The fourth-order valence-corrected chi connectivity index (χ4v) is 1.41. The van der Waals surface area contributed by atoms with Gasteiger partial charge in [-0.25, -0.2) is 9.18 Å². The molecule has 0 aliphatic carbocycles. The Morgan fingerprint density at radius 1 is 1.39 bits per heavy atom. The van der Waals surface area contributed by atoms with Gasteiger partial charge in [0.25, 0.3) is 0 Å². The molecule has 3 N–H and O–H groups in total. The van der Waals surface area contributed by atoms with Crippen LogP contribution in [0.2, 0.25) is 0 Å². The van der Waals surface area contributed by atoms with Crippen LogP contribution >= 0.6 is 0 Å². The number of hydrogen-bond donors (Lipinski definition) is 3. The molecule has 1 aromatic carbocycles. The van der Waals surface area contributed by atoms with Gasteiger partial charge in [0.05, 0.1) is 0 Å². The third kappa shape index (κ3) is 5.14. The second-order valence-corrected chi connectivity index (χ2v) is 4.27. The van der Waals surface area contributed by atoms with E-state index in [0.717, 1.165) is 0 Å². The van der Waals surface area contributed by atoms with Crippen LogP contribution in [0.4, 0.5) is 9.18 Å². The first-order valence-corrected chi connectivity index (χ1v) is 5.99. The summed E-state index contributed by atoms with van der Waals surface area (Å²) < 4.78 is 13.3. The molecule has 1 atom stereocenters. The molecule has 0 bridgehead atoms. The van der Waals surface area contributed by atoms with Crippen molar-refractivity contribution in [2.75, 3.05) is 19.7 Å². The first-order valence-electron chi connectivity index (χ1n) is 5.99. The Morgan fingerprint density at radius 3 is 2.78 bits per heavy atom. The zero-order chi connectivity index (χ0) is 13.4. The third-order valence-corrected chi connectivity index (χ3v) is 2.56. The average molecular weight is 254 g/mol. The number of amides is 2. The molecule has 1 rings (SSSR count). The number of rotatable bonds is 6. The Labute approximate surface area is 106 Å². The molecule has 1 aromatic rings. The van der Waals surface area contributed by atoms with E-state index in [2.05, 4.69) is 10.6 Å². The maximum absolute atomic E-state index is 13.3. The van der Waals surface area contributed by atoms with Crippen molar-refractivity contribution in [1.29, 1.82) is 0 Å². The summed E-state index contributed by atoms with van der Waals surface area (Å²) in [6.45, 7) is 2.66. The molecule has 0 heterocycles. The number of carbonyl (C=O) groups is 1. The second kappa shape index (κ2) is 7.66. The van der Waals surface area contributed by atoms with Crippen LogP contribution in [0.1, 0.15) is 12.5 Å². The molecule has 0 fully saturated rings. The summed E-state index contributed by atoms with van der Waals surface area (Å²) in [5.41, 5.74) is 0.585. The van der Waals surface area contributed by atoms with Gasteiger partial charge >= 0.3 is 6.03 Å². The van der Waals surface area contributed by atoms with Gasteiger partial charge in [0, 0.05) is 19.7 Å². The molecule has 5 heteroatoms. The number of aliphatic hydroxyl groups excluding tert-OH is 1. The Hall–Kier alpha value is -1.62. The lowest BCUT2D eigenvalue weighted by molar-refractivity contribution is 0.222. The number of carbonyl (C=O) groups excluding carboxylic acids is 1. The van der Waals surface area contributed by atoms with E-state index < -0.39 is 0 Å². The summed E-state index contributed by atoms with van der Waals surface area (Å²) in [6.07, 6.45) is 0.454. The Morgan fingerprint density at radius 2 is 2.11 bits per heavy atom. The van der Waals surface area contributed by atoms with Crippen molar-refractivity contribution < 1.29 is 14.3 Å². The van der Waals surface area contributed by atoms with Gasteiger partial charge in [-0.3, -0.25) is 0 Å². The van der Waals surface area contributed by atoms with Gasteiger partial charge in [-0.15, -0.1) is 0 Å². The number of benzene rings is 1. The van der Waals surface area contributed by atoms with Crippen molar-refractivity contribution in [1.82, 2.24) is 10.6 Å². The van der Waals surface area contributed by atoms with Crippen LogP contribution < -0.4 is 10.6 Å². The van der Waals surface area contributed by atoms with E-state index in [4.69, 9.17) is 5.11 Å². The predicted octanol–water partition coefficient (Wildman–Crippen LogP) is 1.30. The van der Waals surface area contributed by atoms with Gasteiger partial charge in [0.2, 0.25) is 0 Å². The lowest BCUT2D eigenvalue weighted by Crippen LogP contribution is -2.39. The van der Waals surface area contributed by atoms with Crippen molar-refractivity contribution >= 4 is 6.03 Å². The minimum atomic E-state index is -0.299. The van der Waals surface area contributed by atoms with E-state index in [1.165, 1.54) is 6.07 Å². The molecule has 18 heavy (non-hydrogen) atoms. The molecule has 0 radical (unpaired) electrons. The average Bonchev–Trinajstić information content (AvgIpc) is 2.38. The van der Waals surface area contributed by atoms with Crippen molar-refractivity contribution in [3.63, 3.8) is 0 Å². The minimum absolute atomic E-state index is 0.0299. The topological polar surface area (TPSA) is 61.4 Å². The molecule has 2 amide bonds. The fraction of sp³-hybridized carbons (Fsp3) is 0.462. The minimum Gasteiger partial charge on any atom is -0.396 e. The van der Waals surface area contributed by atoms with Gasteiger partial charge < -0.3 is 15.7 Å². The summed E-state index contributed by atoms with van der Waals surface area (Å²) in [4.78, 5) is 11.3. The monoisotopic (exact) mass is 254 g/mol. The molecule has 0 aliphatic heterocycles. The largest absolute Gasteiger partial charge is 0.396 e. The Balaban J connectivity index is 2.22. The highest BCUT2D eigenvalue weighted by Gasteiger charge is 2.04. The number of urea groups is 1. The maximum atomic E-state index is 13.3. The van der Waals surface area contributed by atoms with E-state index in [0.29, 0.717) is 25.1 Å². The van der Waals surface area contributed by atoms with Crippen LogP contribution in [0.3, 0.4) is 0 Å². The first-order chi connectivity index (χ1) is 8.63. The van der Waals surface area contributed by atoms with Crippen LogP contribution in [0.25, 0.3) is 0 Å². The lowest BCUT2D eigenvalue weighted by atomic mass is 10.1. The highest BCUT2D eigenvalue weighted by atomic mass is 19.1. The molecule has 0 saturated carbocycles. The number of nitrogens with one attached hydrogen (secondary N) is 2. The van der Waals surface area contributed by atoms with E-state index >= 15 is 0 Å². The SMILES string of the molecule is CC(CO)CNC(=O)NCCc1ccccc1F. The maximum Gasteiger partial charge on any atom is 0.314 e. The van der Waals surface area contributed by atoms with Gasteiger partial charge in [0.15, 0.2) is 0 Å². The van der Waals surface area contributed by atoms with Crippen LogP contribution in [0.15, 0.2) is 24.3 Å². The summed E-state index contributed by atoms with van der Waals surface area (Å²) in [5.74, 6) is -0.226. The van der Waals surface area contributed by atoms with Crippen LogP contribution in [0.5, 0.6) is 0 Å². The number of hydrogen-bond acceptors (Lipinski definition) is 2. The van der Waals surface area contributed by atoms with Crippen molar-refractivity contribution in [2.45, 2.75) is 13.3 Å². The quantitative estimate of drug-likeness (QED) is 0.716. The molecule has 1 unspecified atom stereocenters. The van der Waals surface area contributed by atoms with Gasteiger partial charge in [-0.2, -0.15) is 0 Å². The summed E-state index contributed by atoms with van der Waals surface area (Å²) in [6, 6.07) is 6.20. The van der Waals surface area contributed by atoms with Crippen molar-refractivity contribution in [3.8, 4) is 0 Å². The van der Waals surface area contributed by atoms with E-state index in [1.54, 1.807) is 18.2 Å². The molecular weight excluding hydrogens is 235 g/mol. The normalized spacial score (nSPS) is 11.9. The van der Waals surface area contributed by atoms with Gasteiger partial charge in [0.1, 0.15) is 5.82 Å². The van der Waals surface area contributed by atoms with Crippen molar-refractivity contribution in [2.24, 2.45) is 5.92 Å². The van der Waals surface area contributed by atoms with E-state index in [-0.39, 0.29) is 24.4 Å². The fourth-order valence-electron chi connectivity index (χ4n) is 1.41. The standard InChI is InChI=1S/C13H19FN2O2/c1-10(9-17)8-16-13(18)15-7-6-11-4-2-3-5-12(11)14/h2-5,10,17H,6-9H2,1H3,(H2,15,16,18).